The van der Waals surface area contributed by atoms with Gasteiger partial charge in [-0.3, -0.25) is 0 Å². The van der Waals surface area contributed by atoms with Crippen molar-refractivity contribution in [1.82, 2.24) is 25.5 Å². The van der Waals surface area contributed by atoms with Crippen molar-refractivity contribution in [3.05, 3.63) is 34.6 Å². The molecule has 1 aliphatic heterocycles. The van der Waals surface area contributed by atoms with E-state index in [1.165, 1.54) is 12.8 Å². The Morgan fingerprint density at radius 1 is 1.32 bits per heavy atom. The lowest BCUT2D eigenvalue weighted by atomic mass is 9.96. The SMILES string of the molecule is Brc1ccc(-n2nnc(CC3CCCNC3)n2)cc1. The van der Waals surface area contributed by atoms with Gasteiger partial charge in [-0.2, -0.15) is 0 Å². The summed E-state index contributed by atoms with van der Waals surface area (Å²) in [6.45, 7) is 2.20. The second kappa shape index (κ2) is 5.79. The quantitative estimate of drug-likeness (QED) is 0.939. The van der Waals surface area contributed by atoms with Crippen LogP contribution < -0.4 is 5.32 Å². The maximum absolute atomic E-state index is 4.46. The molecule has 2 aromatic rings. The fraction of sp³-hybridized carbons (Fsp3) is 0.462. The number of aromatic nitrogens is 4. The highest BCUT2D eigenvalue weighted by Crippen LogP contribution is 2.15. The molecule has 0 spiro atoms. The summed E-state index contributed by atoms with van der Waals surface area (Å²) < 4.78 is 1.05. The van der Waals surface area contributed by atoms with Gasteiger partial charge in [-0.05, 0) is 61.3 Å². The number of hydrogen-bond donors (Lipinski definition) is 1. The summed E-state index contributed by atoms with van der Waals surface area (Å²) >= 11 is 3.42. The zero-order chi connectivity index (χ0) is 13.1. The van der Waals surface area contributed by atoms with Crippen molar-refractivity contribution < 1.29 is 0 Å². The molecule has 1 unspecified atom stereocenters. The van der Waals surface area contributed by atoms with E-state index < -0.39 is 0 Å². The van der Waals surface area contributed by atoms with Crippen LogP contribution in [0.5, 0.6) is 0 Å². The maximum Gasteiger partial charge on any atom is 0.175 e. The second-order valence-corrected chi connectivity index (χ2v) is 5.80. The van der Waals surface area contributed by atoms with E-state index in [0.29, 0.717) is 5.92 Å². The van der Waals surface area contributed by atoms with Crippen LogP contribution >= 0.6 is 15.9 Å². The van der Waals surface area contributed by atoms with Crippen molar-refractivity contribution in [3.8, 4) is 5.69 Å². The Kier molecular flexibility index (Phi) is 3.89. The van der Waals surface area contributed by atoms with Gasteiger partial charge in [0.1, 0.15) is 0 Å². The Morgan fingerprint density at radius 2 is 2.16 bits per heavy atom. The molecular formula is C13H16BrN5. The molecule has 3 rings (SSSR count). The standard InChI is InChI=1S/C13H16BrN5/c14-11-3-5-12(6-4-11)19-17-13(16-18-19)8-10-2-1-7-15-9-10/h3-6,10,15H,1-2,7-9H2. The van der Waals surface area contributed by atoms with Gasteiger partial charge in [0.25, 0.3) is 0 Å². The monoisotopic (exact) mass is 321 g/mol. The topological polar surface area (TPSA) is 55.6 Å². The minimum absolute atomic E-state index is 0.635. The smallest absolute Gasteiger partial charge is 0.175 e. The second-order valence-electron chi connectivity index (χ2n) is 4.89. The number of nitrogens with one attached hydrogen (secondary N) is 1. The molecule has 1 aliphatic rings. The van der Waals surface area contributed by atoms with Gasteiger partial charge in [0.2, 0.25) is 0 Å². The first-order valence-electron chi connectivity index (χ1n) is 6.57. The molecular weight excluding hydrogens is 306 g/mol. The van der Waals surface area contributed by atoms with Crippen LogP contribution in [0.4, 0.5) is 0 Å². The molecule has 19 heavy (non-hydrogen) atoms. The number of tetrazole rings is 1. The lowest BCUT2D eigenvalue weighted by Gasteiger charge is -2.20. The molecule has 2 heterocycles. The van der Waals surface area contributed by atoms with E-state index in [1.807, 2.05) is 24.3 Å². The van der Waals surface area contributed by atoms with E-state index >= 15 is 0 Å². The summed E-state index contributed by atoms with van der Waals surface area (Å²) in [4.78, 5) is 1.60. The number of hydrogen-bond acceptors (Lipinski definition) is 4. The molecule has 0 radical (unpaired) electrons. The van der Waals surface area contributed by atoms with Gasteiger partial charge in [-0.25, -0.2) is 0 Å². The van der Waals surface area contributed by atoms with Crippen molar-refractivity contribution in [2.75, 3.05) is 13.1 Å². The summed E-state index contributed by atoms with van der Waals surface area (Å²) in [6.07, 6.45) is 3.40. The van der Waals surface area contributed by atoms with Crippen LogP contribution in [0.2, 0.25) is 0 Å². The maximum atomic E-state index is 4.46. The minimum Gasteiger partial charge on any atom is -0.316 e. The third kappa shape index (κ3) is 3.19. The van der Waals surface area contributed by atoms with Crippen LogP contribution in [0.1, 0.15) is 18.7 Å². The Balaban J connectivity index is 1.70. The van der Waals surface area contributed by atoms with Crippen LogP contribution in [-0.2, 0) is 6.42 Å². The van der Waals surface area contributed by atoms with E-state index in [9.17, 15) is 0 Å². The van der Waals surface area contributed by atoms with Crippen LogP contribution in [-0.4, -0.2) is 33.3 Å². The number of nitrogens with zero attached hydrogens (tertiary/aromatic N) is 4. The van der Waals surface area contributed by atoms with Gasteiger partial charge >= 0.3 is 0 Å². The predicted molar refractivity (Wildman–Crippen MR) is 76.2 cm³/mol. The fourth-order valence-electron chi connectivity index (χ4n) is 2.37. The molecule has 6 heteroatoms. The predicted octanol–water partition coefficient (Wildman–Crippen LogP) is 1.97. The Labute approximate surface area is 120 Å². The third-order valence-corrected chi connectivity index (χ3v) is 3.91. The van der Waals surface area contributed by atoms with E-state index in [4.69, 9.17) is 0 Å². The van der Waals surface area contributed by atoms with Gasteiger partial charge < -0.3 is 5.32 Å². The average molecular weight is 322 g/mol. The normalized spacial score (nSPS) is 19.5. The van der Waals surface area contributed by atoms with Gasteiger partial charge in [-0.15, -0.1) is 15.0 Å². The largest absolute Gasteiger partial charge is 0.316 e. The summed E-state index contributed by atoms with van der Waals surface area (Å²) in [6, 6.07) is 7.89. The average Bonchev–Trinajstić information content (AvgIpc) is 2.89. The van der Waals surface area contributed by atoms with E-state index in [-0.39, 0.29) is 0 Å². The first-order chi connectivity index (χ1) is 9.31. The summed E-state index contributed by atoms with van der Waals surface area (Å²) in [7, 11) is 0. The molecule has 1 saturated heterocycles. The zero-order valence-corrected chi connectivity index (χ0v) is 12.2. The van der Waals surface area contributed by atoms with Crippen molar-refractivity contribution in [2.45, 2.75) is 19.3 Å². The molecule has 5 nitrogen and oxygen atoms in total. The molecule has 1 atom stereocenters. The highest BCUT2D eigenvalue weighted by molar-refractivity contribution is 9.10. The molecule has 0 bridgehead atoms. The fourth-order valence-corrected chi connectivity index (χ4v) is 2.63. The minimum atomic E-state index is 0.635. The Bertz CT molecular complexity index is 530. The first kappa shape index (κ1) is 12.7. The van der Waals surface area contributed by atoms with E-state index in [1.54, 1.807) is 4.80 Å². The van der Waals surface area contributed by atoms with Gasteiger partial charge in [0.15, 0.2) is 5.82 Å². The third-order valence-electron chi connectivity index (χ3n) is 3.38. The highest BCUT2D eigenvalue weighted by Gasteiger charge is 2.16. The Hall–Kier alpha value is -1.27. The summed E-state index contributed by atoms with van der Waals surface area (Å²) in [5.41, 5.74) is 0.934. The van der Waals surface area contributed by atoms with Crippen molar-refractivity contribution in [1.29, 1.82) is 0 Å². The van der Waals surface area contributed by atoms with Gasteiger partial charge in [0, 0.05) is 10.9 Å². The molecule has 0 saturated carbocycles. The molecule has 1 aromatic heterocycles. The number of halogens is 1. The van der Waals surface area contributed by atoms with Crippen LogP contribution in [0.3, 0.4) is 0 Å². The molecule has 1 aromatic carbocycles. The lowest BCUT2D eigenvalue weighted by molar-refractivity contribution is 0.370. The molecule has 100 valence electrons. The highest BCUT2D eigenvalue weighted by atomic mass is 79.9. The van der Waals surface area contributed by atoms with E-state index in [2.05, 4.69) is 36.7 Å². The molecule has 0 aliphatic carbocycles. The number of piperidine rings is 1. The molecule has 0 amide bonds. The summed E-state index contributed by atoms with van der Waals surface area (Å²) in [5, 5.41) is 16.1. The summed E-state index contributed by atoms with van der Waals surface area (Å²) in [5.74, 6) is 1.47. The molecule has 1 fully saturated rings. The number of rotatable bonds is 3. The zero-order valence-electron chi connectivity index (χ0n) is 10.6. The lowest BCUT2D eigenvalue weighted by Crippen LogP contribution is -2.31. The van der Waals surface area contributed by atoms with Crippen LogP contribution in [0, 0.1) is 5.92 Å². The van der Waals surface area contributed by atoms with Crippen LogP contribution in [0.15, 0.2) is 28.7 Å². The van der Waals surface area contributed by atoms with Crippen LogP contribution in [0.25, 0.3) is 5.69 Å². The van der Waals surface area contributed by atoms with Crippen molar-refractivity contribution in [2.24, 2.45) is 5.92 Å². The van der Waals surface area contributed by atoms with E-state index in [0.717, 1.165) is 35.5 Å². The van der Waals surface area contributed by atoms with Crippen molar-refractivity contribution in [3.63, 3.8) is 0 Å². The van der Waals surface area contributed by atoms with Gasteiger partial charge in [-0.1, -0.05) is 15.9 Å². The molecule has 1 N–H and O–H groups in total. The van der Waals surface area contributed by atoms with Gasteiger partial charge in [0.05, 0.1) is 5.69 Å². The first-order valence-corrected chi connectivity index (χ1v) is 7.36. The number of benzene rings is 1. The Morgan fingerprint density at radius 3 is 2.89 bits per heavy atom. The van der Waals surface area contributed by atoms with Crippen molar-refractivity contribution >= 4 is 15.9 Å².